The zero-order chi connectivity index (χ0) is 8.43. The number of carbonyl (C=O) groups excluding carboxylic acids is 2. The van der Waals surface area contributed by atoms with E-state index in [4.69, 9.17) is 0 Å². The molecule has 0 radical (unpaired) electrons. The van der Waals surface area contributed by atoms with Crippen molar-refractivity contribution >= 4 is 11.6 Å². The van der Waals surface area contributed by atoms with Gasteiger partial charge in [-0.3, -0.25) is 9.59 Å². The third kappa shape index (κ3) is 1.87. The largest absolute Gasteiger partial charge is 0.300 e. The Bertz CT molecular complexity index is 191. The summed E-state index contributed by atoms with van der Waals surface area (Å²) in [4.78, 5) is 22.0. The summed E-state index contributed by atoms with van der Waals surface area (Å²) in [6, 6.07) is -0.206. The lowest BCUT2D eigenvalue weighted by atomic mass is 10.0. The van der Waals surface area contributed by atoms with Crippen LogP contribution >= 0.6 is 0 Å². The molecular weight excluding hydrogens is 142 g/mol. The lowest BCUT2D eigenvalue weighted by Crippen LogP contribution is -2.33. The van der Waals surface area contributed by atoms with Gasteiger partial charge in [0.25, 0.3) is 0 Å². The number of hydrogen-bond donors (Lipinski definition) is 1. The Morgan fingerprint density at radius 3 is 2.73 bits per heavy atom. The van der Waals surface area contributed by atoms with Crippen molar-refractivity contribution < 1.29 is 11.0 Å². The van der Waals surface area contributed by atoms with Gasteiger partial charge in [0.1, 0.15) is 5.78 Å². The fraction of sp³-hybridized carbons (Fsp3) is 0.750. The number of hydrogen-bond acceptors (Lipinski definition) is 3. The Balaban J connectivity index is 0.00000121. The van der Waals surface area contributed by atoms with E-state index in [0.717, 1.165) is 0 Å². The van der Waals surface area contributed by atoms with Crippen LogP contribution in [-0.2, 0) is 9.59 Å². The quantitative estimate of drug-likeness (QED) is 0.630. The molecule has 1 heterocycles. The molecule has 3 nitrogen and oxygen atoms in total. The van der Waals surface area contributed by atoms with Crippen LogP contribution in [0.5, 0.6) is 0 Å². The Hall–Kier alpha value is -0.700. The minimum atomic E-state index is -0.206. The second-order valence-corrected chi connectivity index (χ2v) is 3.23. The molecular formula is C8H15NO2. The van der Waals surface area contributed by atoms with Crippen molar-refractivity contribution in [1.29, 1.82) is 0 Å². The van der Waals surface area contributed by atoms with Crippen molar-refractivity contribution in [2.75, 3.05) is 6.54 Å². The first-order chi connectivity index (χ1) is 5.11. The van der Waals surface area contributed by atoms with Gasteiger partial charge in [0.2, 0.25) is 0 Å². The van der Waals surface area contributed by atoms with E-state index in [1.165, 1.54) is 0 Å². The Morgan fingerprint density at radius 2 is 2.36 bits per heavy atom. The van der Waals surface area contributed by atoms with Gasteiger partial charge in [-0.15, -0.1) is 0 Å². The molecule has 11 heavy (non-hydrogen) atoms. The van der Waals surface area contributed by atoms with Gasteiger partial charge < -0.3 is 5.32 Å². The molecule has 0 aliphatic carbocycles. The Morgan fingerprint density at radius 1 is 1.73 bits per heavy atom. The van der Waals surface area contributed by atoms with Crippen LogP contribution in [0.15, 0.2) is 0 Å². The summed E-state index contributed by atoms with van der Waals surface area (Å²) in [5, 5.41) is 2.89. The van der Waals surface area contributed by atoms with E-state index in [1.54, 1.807) is 0 Å². The first-order valence-corrected chi connectivity index (χ1v) is 3.90. The highest BCUT2D eigenvalue weighted by molar-refractivity contribution is 5.95. The first-order valence-electron chi connectivity index (χ1n) is 3.90. The van der Waals surface area contributed by atoms with Crippen molar-refractivity contribution in [1.82, 2.24) is 5.32 Å². The molecule has 1 atom stereocenters. The second-order valence-electron chi connectivity index (χ2n) is 3.23. The van der Waals surface area contributed by atoms with Crippen LogP contribution in [0, 0.1) is 5.92 Å². The van der Waals surface area contributed by atoms with Gasteiger partial charge in [-0.2, -0.15) is 0 Å². The lowest BCUT2D eigenvalue weighted by molar-refractivity contribution is -0.124. The average Bonchev–Trinajstić information content (AvgIpc) is 2.34. The molecule has 1 fully saturated rings. The minimum Gasteiger partial charge on any atom is -0.300 e. The summed E-state index contributed by atoms with van der Waals surface area (Å²) < 4.78 is 0. The van der Waals surface area contributed by atoms with Crippen LogP contribution < -0.4 is 5.32 Å². The topological polar surface area (TPSA) is 46.2 Å². The molecule has 0 aromatic heterocycles. The van der Waals surface area contributed by atoms with Crippen LogP contribution in [0.3, 0.4) is 0 Å². The summed E-state index contributed by atoms with van der Waals surface area (Å²) >= 11 is 0. The Labute approximate surface area is 67.6 Å². The highest BCUT2D eigenvalue weighted by atomic mass is 16.1. The van der Waals surface area contributed by atoms with Gasteiger partial charge in [0.05, 0.1) is 12.6 Å². The van der Waals surface area contributed by atoms with Crippen molar-refractivity contribution in [2.45, 2.75) is 26.3 Å². The van der Waals surface area contributed by atoms with Gasteiger partial charge in [-0.1, -0.05) is 13.8 Å². The molecule has 0 saturated carbocycles. The predicted octanol–water partition coefficient (Wildman–Crippen LogP) is 0.388. The van der Waals surface area contributed by atoms with Crippen molar-refractivity contribution in [3.8, 4) is 0 Å². The maximum absolute atomic E-state index is 11.3. The number of rotatable bonds is 2. The number of nitrogens with one attached hydrogen (secondary N) is 1. The SMILES string of the molecule is CC(C)C(=O)[C@@H]1CC(=O)CN1.[HH]. The van der Waals surface area contributed by atoms with E-state index in [1.807, 2.05) is 13.8 Å². The van der Waals surface area contributed by atoms with E-state index in [2.05, 4.69) is 5.32 Å². The van der Waals surface area contributed by atoms with Crippen LogP contribution in [0.25, 0.3) is 0 Å². The van der Waals surface area contributed by atoms with E-state index in [-0.39, 0.29) is 25.0 Å². The second kappa shape index (κ2) is 3.13. The van der Waals surface area contributed by atoms with E-state index < -0.39 is 0 Å². The molecule has 64 valence electrons. The molecule has 0 bridgehead atoms. The third-order valence-electron chi connectivity index (χ3n) is 1.89. The monoisotopic (exact) mass is 157 g/mol. The maximum atomic E-state index is 11.3. The average molecular weight is 157 g/mol. The van der Waals surface area contributed by atoms with E-state index >= 15 is 0 Å². The van der Waals surface area contributed by atoms with Gasteiger partial charge in [-0.25, -0.2) is 0 Å². The Kier molecular flexibility index (Phi) is 2.39. The molecule has 1 aliphatic heterocycles. The van der Waals surface area contributed by atoms with Crippen LogP contribution in [0.2, 0.25) is 0 Å². The molecule has 0 aromatic carbocycles. The molecule has 3 heteroatoms. The van der Waals surface area contributed by atoms with Crippen molar-refractivity contribution in [3.05, 3.63) is 0 Å². The first kappa shape index (κ1) is 8.40. The van der Waals surface area contributed by atoms with Gasteiger partial charge in [-0.05, 0) is 0 Å². The molecule has 0 spiro atoms. The van der Waals surface area contributed by atoms with E-state index in [9.17, 15) is 9.59 Å². The zero-order valence-electron chi connectivity index (χ0n) is 6.89. The number of carbonyl (C=O) groups is 2. The van der Waals surface area contributed by atoms with Gasteiger partial charge in [0.15, 0.2) is 5.78 Å². The van der Waals surface area contributed by atoms with E-state index in [0.29, 0.717) is 13.0 Å². The van der Waals surface area contributed by atoms with Crippen molar-refractivity contribution in [3.63, 3.8) is 0 Å². The van der Waals surface area contributed by atoms with Crippen LogP contribution in [-0.4, -0.2) is 24.2 Å². The molecule has 1 rings (SSSR count). The maximum Gasteiger partial charge on any atom is 0.152 e. The van der Waals surface area contributed by atoms with Crippen molar-refractivity contribution in [2.24, 2.45) is 5.92 Å². The number of ketones is 2. The highest BCUT2D eigenvalue weighted by Crippen LogP contribution is 2.08. The molecule has 0 aromatic rings. The summed E-state index contributed by atoms with van der Waals surface area (Å²) in [5.74, 6) is 0.318. The van der Waals surface area contributed by atoms with Gasteiger partial charge >= 0.3 is 0 Å². The normalized spacial score (nSPS) is 24.6. The molecule has 1 N–H and O–H groups in total. The van der Waals surface area contributed by atoms with Gasteiger partial charge in [0, 0.05) is 13.8 Å². The number of Topliss-reactive ketones (excluding diaryl/α,β-unsaturated/α-hetero) is 2. The van der Waals surface area contributed by atoms with Crippen LogP contribution in [0.1, 0.15) is 21.7 Å². The zero-order valence-corrected chi connectivity index (χ0v) is 6.89. The fourth-order valence-corrected chi connectivity index (χ4v) is 1.21. The fourth-order valence-electron chi connectivity index (χ4n) is 1.21. The summed E-state index contributed by atoms with van der Waals surface area (Å²) in [7, 11) is 0. The highest BCUT2D eigenvalue weighted by Gasteiger charge is 2.28. The minimum absolute atomic E-state index is 0. The molecule has 0 unspecified atom stereocenters. The van der Waals surface area contributed by atoms with Crippen LogP contribution in [0.4, 0.5) is 0 Å². The summed E-state index contributed by atoms with van der Waals surface area (Å²) in [6.45, 7) is 4.07. The smallest absolute Gasteiger partial charge is 0.152 e. The molecule has 1 aliphatic rings. The third-order valence-corrected chi connectivity index (χ3v) is 1.89. The predicted molar refractivity (Wildman–Crippen MR) is 43.4 cm³/mol. The molecule has 0 amide bonds. The summed E-state index contributed by atoms with van der Waals surface area (Å²) in [5.41, 5.74) is 0. The molecule has 1 saturated heterocycles. The summed E-state index contributed by atoms with van der Waals surface area (Å²) in [6.07, 6.45) is 0.386. The standard InChI is InChI=1S/C8H13NO2.H2/c1-5(2)8(11)7-3-6(10)4-9-7;/h5,7,9H,3-4H2,1-2H3;1H/t7-;/m0./s1. The lowest BCUT2D eigenvalue weighted by Gasteiger charge is -2.09.